The van der Waals surface area contributed by atoms with Crippen molar-refractivity contribution in [2.24, 2.45) is 0 Å². The van der Waals surface area contributed by atoms with Crippen LogP contribution in [0.25, 0.3) is 17.4 Å². The Hall–Kier alpha value is -3.10. The maximum atomic E-state index is 12.3. The fourth-order valence-corrected chi connectivity index (χ4v) is 2.68. The minimum Gasteiger partial charge on any atom is -0.457 e. The van der Waals surface area contributed by atoms with Crippen molar-refractivity contribution in [2.75, 3.05) is 5.32 Å². The third kappa shape index (κ3) is 4.29. The summed E-state index contributed by atoms with van der Waals surface area (Å²) in [4.78, 5) is 12.3. The molecule has 0 unspecified atom stereocenters. The number of carbonyl (C=O) groups excluding carboxylic acids is 1. The van der Waals surface area contributed by atoms with Crippen molar-refractivity contribution in [1.82, 2.24) is 0 Å². The van der Waals surface area contributed by atoms with E-state index in [1.165, 1.54) is 6.08 Å². The van der Waals surface area contributed by atoms with Crippen LogP contribution in [0.5, 0.6) is 0 Å². The average Bonchev–Trinajstić information content (AvgIpc) is 3.09. The first kappa shape index (κ1) is 17.7. The molecule has 0 spiro atoms. The van der Waals surface area contributed by atoms with Gasteiger partial charge in [-0.15, -0.1) is 0 Å². The third-order valence-electron chi connectivity index (χ3n) is 3.68. The topological polar surface area (TPSA) is 66.0 Å². The molecule has 0 aliphatic heterocycles. The molecule has 128 valence electrons. The Morgan fingerprint density at radius 2 is 1.92 bits per heavy atom. The number of rotatable bonds is 4. The van der Waals surface area contributed by atoms with Crippen LogP contribution in [-0.4, -0.2) is 5.91 Å². The largest absolute Gasteiger partial charge is 0.457 e. The number of furan rings is 1. The number of amides is 1. The molecule has 3 aromatic rings. The second-order valence-electron chi connectivity index (χ2n) is 5.70. The number of benzene rings is 2. The molecule has 0 saturated carbocycles. The lowest BCUT2D eigenvalue weighted by Crippen LogP contribution is -2.13. The van der Waals surface area contributed by atoms with E-state index in [4.69, 9.17) is 4.42 Å². The first-order valence-electron chi connectivity index (χ1n) is 7.91. The van der Waals surface area contributed by atoms with Gasteiger partial charge in [0.2, 0.25) is 0 Å². The van der Waals surface area contributed by atoms with Gasteiger partial charge in [-0.2, -0.15) is 5.26 Å². The van der Waals surface area contributed by atoms with Crippen molar-refractivity contribution in [3.8, 4) is 17.4 Å². The molecule has 0 bridgehead atoms. The molecule has 1 heterocycles. The number of nitriles is 1. The van der Waals surface area contributed by atoms with E-state index < -0.39 is 5.91 Å². The van der Waals surface area contributed by atoms with Gasteiger partial charge < -0.3 is 9.73 Å². The molecule has 0 aliphatic carbocycles. The van der Waals surface area contributed by atoms with Crippen LogP contribution in [0.3, 0.4) is 0 Å². The number of aryl methyl sites for hydroxylation is 1. The smallest absolute Gasteiger partial charge is 0.266 e. The highest BCUT2D eigenvalue weighted by Gasteiger charge is 2.11. The SMILES string of the molecule is Cc1cccc(NC(=O)/C(C#N)=C/c2ccc(-c3ccc(Br)cc3)o2)c1. The van der Waals surface area contributed by atoms with Crippen LogP contribution in [0.1, 0.15) is 11.3 Å². The van der Waals surface area contributed by atoms with E-state index >= 15 is 0 Å². The average molecular weight is 407 g/mol. The van der Waals surface area contributed by atoms with Gasteiger partial charge in [0.25, 0.3) is 5.91 Å². The summed E-state index contributed by atoms with van der Waals surface area (Å²) in [5, 5.41) is 12.0. The lowest BCUT2D eigenvalue weighted by molar-refractivity contribution is -0.112. The minimum atomic E-state index is -0.473. The molecule has 0 radical (unpaired) electrons. The lowest BCUT2D eigenvalue weighted by atomic mass is 10.2. The monoisotopic (exact) mass is 406 g/mol. The Labute approximate surface area is 159 Å². The molecule has 0 aliphatic rings. The molecule has 0 fully saturated rings. The number of halogens is 1. The van der Waals surface area contributed by atoms with Crippen molar-refractivity contribution < 1.29 is 9.21 Å². The summed E-state index contributed by atoms with van der Waals surface area (Å²) >= 11 is 3.39. The Morgan fingerprint density at radius 1 is 1.15 bits per heavy atom. The summed E-state index contributed by atoms with van der Waals surface area (Å²) in [7, 11) is 0. The zero-order valence-electron chi connectivity index (χ0n) is 14.0. The Bertz CT molecular complexity index is 1010. The van der Waals surface area contributed by atoms with Gasteiger partial charge in [-0.05, 0) is 48.9 Å². The first-order valence-corrected chi connectivity index (χ1v) is 8.70. The van der Waals surface area contributed by atoms with E-state index in [9.17, 15) is 10.1 Å². The van der Waals surface area contributed by atoms with Crippen molar-refractivity contribution in [1.29, 1.82) is 5.26 Å². The third-order valence-corrected chi connectivity index (χ3v) is 4.21. The molecule has 4 nitrogen and oxygen atoms in total. The summed E-state index contributed by atoms with van der Waals surface area (Å²) in [6.07, 6.45) is 1.44. The second kappa shape index (κ2) is 7.85. The van der Waals surface area contributed by atoms with Crippen molar-refractivity contribution >= 4 is 33.6 Å². The molecule has 3 rings (SSSR count). The first-order chi connectivity index (χ1) is 12.5. The summed E-state index contributed by atoms with van der Waals surface area (Å²) < 4.78 is 6.72. The molecule has 2 aromatic carbocycles. The van der Waals surface area contributed by atoms with E-state index in [0.29, 0.717) is 17.2 Å². The second-order valence-corrected chi connectivity index (χ2v) is 6.62. The van der Waals surface area contributed by atoms with Crippen LogP contribution in [0.2, 0.25) is 0 Å². The minimum absolute atomic E-state index is 0.0248. The number of anilines is 1. The number of nitrogens with one attached hydrogen (secondary N) is 1. The molecule has 1 aromatic heterocycles. The summed E-state index contributed by atoms with van der Waals surface area (Å²) in [6.45, 7) is 1.93. The van der Waals surface area contributed by atoms with Gasteiger partial charge in [-0.1, -0.05) is 40.2 Å². The van der Waals surface area contributed by atoms with E-state index in [2.05, 4.69) is 21.2 Å². The fraction of sp³-hybridized carbons (Fsp3) is 0.0476. The quantitative estimate of drug-likeness (QED) is 0.455. The summed E-state index contributed by atoms with van der Waals surface area (Å²) in [6, 6.07) is 20.5. The van der Waals surface area contributed by atoms with Crippen LogP contribution in [0.15, 0.2) is 75.1 Å². The Balaban J connectivity index is 1.80. The van der Waals surface area contributed by atoms with Crippen LogP contribution >= 0.6 is 15.9 Å². The Morgan fingerprint density at radius 3 is 2.62 bits per heavy atom. The van der Waals surface area contributed by atoms with Crippen LogP contribution < -0.4 is 5.32 Å². The van der Waals surface area contributed by atoms with Crippen LogP contribution in [0.4, 0.5) is 5.69 Å². The number of carbonyl (C=O) groups is 1. The molecule has 5 heteroatoms. The van der Waals surface area contributed by atoms with Crippen molar-refractivity contribution in [3.05, 3.63) is 82.0 Å². The summed E-state index contributed by atoms with van der Waals surface area (Å²) in [5.74, 6) is 0.638. The van der Waals surface area contributed by atoms with Gasteiger partial charge in [0, 0.05) is 21.8 Å². The van der Waals surface area contributed by atoms with Gasteiger partial charge in [0.05, 0.1) is 0 Å². The highest BCUT2D eigenvalue weighted by molar-refractivity contribution is 9.10. The molecule has 0 atom stereocenters. The fourth-order valence-electron chi connectivity index (χ4n) is 2.41. The van der Waals surface area contributed by atoms with E-state index in [0.717, 1.165) is 15.6 Å². The molecule has 1 N–H and O–H groups in total. The van der Waals surface area contributed by atoms with Gasteiger partial charge in [0.15, 0.2) is 0 Å². The normalized spacial score (nSPS) is 11.0. The van der Waals surface area contributed by atoms with Crippen molar-refractivity contribution in [3.63, 3.8) is 0 Å². The van der Waals surface area contributed by atoms with Gasteiger partial charge >= 0.3 is 0 Å². The maximum absolute atomic E-state index is 12.3. The van der Waals surface area contributed by atoms with E-state index in [1.54, 1.807) is 12.1 Å². The lowest BCUT2D eigenvalue weighted by Gasteiger charge is -2.04. The standard InChI is InChI=1S/C21H15BrN2O2/c1-14-3-2-4-18(11-14)24-21(25)16(13-23)12-19-9-10-20(26-19)15-5-7-17(22)8-6-15/h2-12H,1H3,(H,24,25)/b16-12+. The van der Waals surface area contributed by atoms with Crippen LogP contribution in [-0.2, 0) is 4.79 Å². The number of hydrogen-bond donors (Lipinski definition) is 1. The van der Waals surface area contributed by atoms with E-state index in [-0.39, 0.29) is 5.57 Å². The van der Waals surface area contributed by atoms with Gasteiger partial charge in [-0.25, -0.2) is 0 Å². The molecule has 1 amide bonds. The molecular weight excluding hydrogens is 392 g/mol. The molecule has 26 heavy (non-hydrogen) atoms. The number of hydrogen-bond acceptors (Lipinski definition) is 3. The predicted octanol–water partition coefficient (Wildman–Crippen LogP) is 5.56. The Kier molecular flexibility index (Phi) is 5.35. The highest BCUT2D eigenvalue weighted by Crippen LogP contribution is 2.25. The molecular formula is C21H15BrN2O2. The summed E-state index contributed by atoms with van der Waals surface area (Å²) in [5.41, 5.74) is 2.56. The highest BCUT2D eigenvalue weighted by atomic mass is 79.9. The van der Waals surface area contributed by atoms with Gasteiger partial charge in [0.1, 0.15) is 23.2 Å². The van der Waals surface area contributed by atoms with Gasteiger partial charge in [-0.3, -0.25) is 4.79 Å². The zero-order valence-corrected chi connectivity index (χ0v) is 15.6. The maximum Gasteiger partial charge on any atom is 0.266 e. The number of nitrogens with zero attached hydrogens (tertiary/aromatic N) is 1. The van der Waals surface area contributed by atoms with Crippen LogP contribution in [0, 0.1) is 18.3 Å². The predicted molar refractivity (Wildman–Crippen MR) is 105 cm³/mol. The van der Waals surface area contributed by atoms with E-state index in [1.807, 2.05) is 61.5 Å². The molecule has 0 saturated heterocycles. The zero-order chi connectivity index (χ0) is 18.5. The van der Waals surface area contributed by atoms with Crippen molar-refractivity contribution in [2.45, 2.75) is 6.92 Å².